The normalized spacial score (nSPS) is 18.8. The summed E-state index contributed by atoms with van der Waals surface area (Å²) in [6.45, 7) is 2.20. The topological polar surface area (TPSA) is 58.6 Å². The number of anilines is 1. The molecule has 1 saturated carbocycles. The van der Waals surface area contributed by atoms with E-state index in [1.54, 1.807) is 6.07 Å². The molecule has 3 aromatic carbocycles. The number of esters is 1. The fourth-order valence-corrected chi connectivity index (χ4v) is 5.91. The van der Waals surface area contributed by atoms with Crippen molar-refractivity contribution in [2.45, 2.75) is 38.6 Å². The van der Waals surface area contributed by atoms with Crippen molar-refractivity contribution in [1.29, 1.82) is 0 Å². The highest BCUT2D eigenvalue weighted by Crippen LogP contribution is 2.36. The zero-order valence-electron chi connectivity index (χ0n) is 21.2. The minimum atomic E-state index is -0.119. The zero-order chi connectivity index (χ0) is 25.8. The number of fused-ring (bicyclic) bond motifs is 1. The molecule has 6 heteroatoms. The molecule has 0 unspecified atom stereocenters. The molecule has 0 bridgehead atoms. The zero-order valence-corrected chi connectivity index (χ0v) is 22.0. The van der Waals surface area contributed by atoms with Crippen LogP contribution in [0.5, 0.6) is 0 Å². The van der Waals surface area contributed by atoms with E-state index in [9.17, 15) is 9.59 Å². The number of nitrogens with zero attached hydrogens (tertiary/aromatic N) is 1. The number of methoxy groups -OCH3 is 1. The molecule has 0 spiro atoms. The Hall–Kier alpha value is -3.31. The van der Waals surface area contributed by atoms with Crippen molar-refractivity contribution < 1.29 is 14.3 Å². The molecule has 1 amide bonds. The predicted molar refractivity (Wildman–Crippen MR) is 148 cm³/mol. The molecule has 1 heterocycles. The summed E-state index contributed by atoms with van der Waals surface area (Å²) in [6.07, 6.45) is 4.33. The third-order valence-electron chi connectivity index (χ3n) is 7.73. The number of halogens is 1. The second-order valence-electron chi connectivity index (χ2n) is 10.1. The summed E-state index contributed by atoms with van der Waals surface area (Å²) in [4.78, 5) is 27.4. The van der Waals surface area contributed by atoms with Gasteiger partial charge in [0.1, 0.15) is 0 Å². The number of ether oxygens (including phenoxy) is 1. The molecular weight excluding hydrogens is 484 g/mol. The molecule has 0 aromatic heterocycles. The molecule has 1 aliphatic carbocycles. The van der Waals surface area contributed by atoms with Crippen LogP contribution in [0.3, 0.4) is 0 Å². The van der Waals surface area contributed by atoms with Gasteiger partial charge in [0, 0.05) is 24.7 Å². The maximum absolute atomic E-state index is 13.3. The van der Waals surface area contributed by atoms with Gasteiger partial charge in [0.25, 0.3) is 5.91 Å². The highest BCUT2D eigenvalue weighted by molar-refractivity contribution is 6.31. The Bertz CT molecular complexity index is 1250. The van der Waals surface area contributed by atoms with Gasteiger partial charge in [0.05, 0.1) is 24.3 Å². The number of amides is 1. The Kier molecular flexibility index (Phi) is 7.80. The molecule has 3 aromatic rings. The lowest BCUT2D eigenvalue weighted by atomic mass is 9.82. The first-order chi connectivity index (χ1) is 18.0. The van der Waals surface area contributed by atoms with Gasteiger partial charge in [-0.3, -0.25) is 9.59 Å². The number of nitrogens with one attached hydrogen (secondary N) is 1. The molecule has 1 N–H and O–H groups in total. The SMILES string of the molecule is COC(=O)[C@H]1CC[C@H](CNC(=O)c2cc(Cl)cc3c2N(Cc2ccc(-c4ccccc4)cc2)CC3)CC1. The van der Waals surface area contributed by atoms with E-state index in [-0.39, 0.29) is 17.8 Å². The largest absolute Gasteiger partial charge is 0.469 e. The van der Waals surface area contributed by atoms with Crippen molar-refractivity contribution in [2.24, 2.45) is 11.8 Å². The minimum Gasteiger partial charge on any atom is -0.469 e. The van der Waals surface area contributed by atoms with Crippen molar-refractivity contribution >= 4 is 29.2 Å². The smallest absolute Gasteiger partial charge is 0.308 e. The van der Waals surface area contributed by atoms with Gasteiger partial charge in [0.15, 0.2) is 0 Å². The maximum atomic E-state index is 13.3. The van der Waals surface area contributed by atoms with Crippen LogP contribution in [0, 0.1) is 11.8 Å². The van der Waals surface area contributed by atoms with Gasteiger partial charge in [0.2, 0.25) is 0 Å². The van der Waals surface area contributed by atoms with Crippen molar-refractivity contribution in [3.05, 3.63) is 88.4 Å². The van der Waals surface area contributed by atoms with E-state index in [0.29, 0.717) is 23.0 Å². The molecule has 1 fully saturated rings. The van der Waals surface area contributed by atoms with Crippen LogP contribution in [0.15, 0.2) is 66.7 Å². The van der Waals surface area contributed by atoms with Gasteiger partial charge in [-0.25, -0.2) is 0 Å². The Balaban J connectivity index is 1.25. The molecule has 0 atom stereocenters. The molecule has 5 rings (SSSR count). The summed E-state index contributed by atoms with van der Waals surface area (Å²) >= 11 is 6.42. The van der Waals surface area contributed by atoms with Gasteiger partial charge in [-0.1, -0.05) is 66.2 Å². The third-order valence-corrected chi connectivity index (χ3v) is 7.95. The Morgan fingerprint density at radius 3 is 2.38 bits per heavy atom. The first kappa shape index (κ1) is 25.3. The standard InChI is InChI=1S/C31H33ClN2O3/c1-37-31(36)25-13-7-21(8-14-25)19-33-30(35)28-18-27(32)17-26-15-16-34(29(26)28)20-22-9-11-24(12-10-22)23-5-3-2-4-6-23/h2-6,9-12,17-18,21,25H,7-8,13-16,19-20H2,1H3,(H,33,35)/t21-,25-. The lowest BCUT2D eigenvalue weighted by Gasteiger charge is -2.27. The molecule has 2 aliphatic rings. The second-order valence-corrected chi connectivity index (χ2v) is 10.6. The number of carbonyl (C=O) groups is 2. The van der Waals surface area contributed by atoms with Crippen molar-refractivity contribution in [1.82, 2.24) is 5.32 Å². The molecule has 5 nitrogen and oxygen atoms in total. The number of carbonyl (C=O) groups excluding carboxylic acids is 2. The summed E-state index contributed by atoms with van der Waals surface area (Å²) in [5, 5.41) is 3.75. The first-order valence-electron chi connectivity index (χ1n) is 13.1. The molecular formula is C31H33ClN2O3. The summed E-state index contributed by atoms with van der Waals surface area (Å²) in [5.41, 5.74) is 6.35. The van der Waals surface area contributed by atoms with E-state index in [1.165, 1.54) is 23.8 Å². The van der Waals surface area contributed by atoms with Crippen LogP contribution in [0.4, 0.5) is 5.69 Å². The van der Waals surface area contributed by atoms with Crippen LogP contribution in [0.25, 0.3) is 11.1 Å². The number of hydrogen-bond donors (Lipinski definition) is 1. The quantitative estimate of drug-likeness (QED) is 0.375. The van der Waals surface area contributed by atoms with E-state index in [0.717, 1.165) is 56.4 Å². The van der Waals surface area contributed by atoms with Gasteiger partial charge < -0.3 is 15.0 Å². The van der Waals surface area contributed by atoms with Crippen molar-refractivity contribution in [2.75, 3.05) is 25.1 Å². The van der Waals surface area contributed by atoms with Crippen LogP contribution in [0.1, 0.15) is 47.2 Å². The predicted octanol–water partition coefficient (Wildman–Crippen LogP) is 6.28. The summed E-state index contributed by atoms with van der Waals surface area (Å²) in [5.74, 6) is 0.159. The van der Waals surface area contributed by atoms with Crippen LogP contribution in [0.2, 0.25) is 5.02 Å². The van der Waals surface area contributed by atoms with E-state index >= 15 is 0 Å². The third kappa shape index (κ3) is 5.83. The number of rotatable bonds is 7. The highest BCUT2D eigenvalue weighted by Gasteiger charge is 2.29. The Morgan fingerprint density at radius 2 is 1.68 bits per heavy atom. The van der Waals surface area contributed by atoms with Crippen molar-refractivity contribution in [3.63, 3.8) is 0 Å². The van der Waals surface area contributed by atoms with E-state index in [4.69, 9.17) is 16.3 Å². The lowest BCUT2D eigenvalue weighted by molar-refractivity contribution is -0.146. The molecule has 192 valence electrons. The monoisotopic (exact) mass is 516 g/mol. The van der Waals surface area contributed by atoms with Gasteiger partial charge in [-0.15, -0.1) is 0 Å². The summed E-state index contributed by atoms with van der Waals surface area (Å²) in [7, 11) is 1.45. The van der Waals surface area contributed by atoms with Crippen LogP contribution in [-0.4, -0.2) is 32.1 Å². The van der Waals surface area contributed by atoms with E-state index in [2.05, 4.69) is 58.7 Å². The van der Waals surface area contributed by atoms with Gasteiger partial charge >= 0.3 is 5.97 Å². The number of benzene rings is 3. The fraction of sp³-hybridized carbons (Fsp3) is 0.355. The Labute approximate surface area is 223 Å². The van der Waals surface area contributed by atoms with Crippen LogP contribution < -0.4 is 10.2 Å². The minimum absolute atomic E-state index is 0.0107. The fourth-order valence-electron chi connectivity index (χ4n) is 5.67. The second kappa shape index (κ2) is 11.4. The number of hydrogen-bond acceptors (Lipinski definition) is 4. The molecule has 1 aliphatic heterocycles. The van der Waals surface area contributed by atoms with Crippen molar-refractivity contribution in [3.8, 4) is 11.1 Å². The van der Waals surface area contributed by atoms with Crippen LogP contribution in [-0.2, 0) is 22.5 Å². The summed E-state index contributed by atoms with van der Waals surface area (Å²) in [6, 6.07) is 22.8. The van der Waals surface area contributed by atoms with E-state index in [1.807, 2.05) is 12.1 Å². The molecule has 0 saturated heterocycles. The van der Waals surface area contributed by atoms with E-state index < -0.39 is 0 Å². The van der Waals surface area contributed by atoms with Gasteiger partial charge in [-0.2, -0.15) is 0 Å². The molecule has 37 heavy (non-hydrogen) atoms. The van der Waals surface area contributed by atoms with Gasteiger partial charge in [-0.05, 0) is 72.4 Å². The average Bonchev–Trinajstić information content (AvgIpc) is 3.34. The maximum Gasteiger partial charge on any atom is 0.308 e. The summed E-state index contributed by atoms with van der Waals surface area (Å²) < 4.78 is 4.89. The molecule has 0 radical (unpaired) electrons. The average molecular weight is 517 g/mol. The highest BCUT2D eigenvalue weighted by atomic mass is 35.5. The Morgan fingerprint density at radius 1 is 0.973 bits per heavy atom. The first-order valence-corrected chi connectivity index (χ1v) is 13.5. The lowest BCUT2D eigenvalue weighted by Crippen LogP contribution is -2.33. The van der Waals surface area contributed by atoms with Crippen LogP contribution >= 0.6 is 11.6 Å².